The van der Waals surface area contributed by atoms with Crippen LogP contribution < -0.4 is 18.9 Å². The lowest BCUT2D eigenvalue weighted by molar-refractivity contribution is -0.0747. The van der Waals surface area contributed by atoms with E-state index < -0.39 is 20.0 Å². The van der Waals surface area contributed by atoms with Crippen molar-refractivity contribution in [2.75, 3.05) is 35.2 Å². The Morgan fingerprint density at radius 2 is 1.12 bits per heavy atom. The zero-order valence-corrected chi connectivity index (χ0v) is 34.0. The average Bonchev–Trinajstić information content (AvgIpc) is 3.65. The molecule has 0 aliphatic heterocycles. The number of nitrogens with one attached hydrogen (secondary N) is 2. The van der Waals surface area contributed by atoms with Crippen LogP contribution in [0.5, 0.6) is 11.5 Å². The lowest BCUT2D eigenvalue weighted by atomic mass is 9.50. The summed E-state index contributed by atoms with van der Waals surface area (Å²) in [6.07, 6.45) is 26.0. The first-order chi connectivity index (χ1) is 26.7. The van der Waals surface area contributed by atoms with Gasteiger partial charge in [0.1, 0.15) is 11.5 Å². The van der Waals surface area contributed by atoms with Crippen LogP contribution in [-0.4, -0.2) is 71.8 Å². The van der Waals surface area contributed by atoms with Gasteiger partial charge in [-0.2, -0.15) is 0 Å². The van der Waals surface area contributed by atoms with Crippen molar-refractivity contribution in [3.63, 3.8) is 0 Å². The predicted molar refractivity (Wildman–Crippen MR) is 212 cm³/mol. The highest BCUT2D eigenvalue weighted by Gasteiger charge is 2.52. The Balaban J connectivity index is 0.000000139. The Labute approximate surface area is 329 Å². The standard InChI is InChI=1S/C22H30N4O3S.C18H24N4O3S/c1-30(27,28)25-21-24-23-20-8-19(18(12-26(20)21)17-3-2-4-17)29-13-22-9-14-5-15(10-22)7-16(6-14)11-22;1-26(23,24)21-17-20-19-16-7-15(2-3-22(16)17)25-11-18-8-12-4-13(9-18)6-14(5-12)10-18/h8,12,14-17H,2-7,9-11,13H2,1H3,(H,24,25);2-3,7,12-14H,4-6,8-11H2,1H3,(H,20,21). The van der Waals surface area contributed by atoms with E-state index in [9.17, 15) is 16.8 Å². The summed E-state index contributed by atoms with van der Waals surface area (Å²) in [4.78, 5) is 0. The Morgan fingerprint density at radius 3 is 1.59 bits per heavy atom. The fourth-order valence-corrected chi connectivity index (χ4v) is 13.9. The van der Waals surface area contributed by atoms with Gasteiger partial charge in [-0.05, 0) is 137 Å². The number of pyridine rings is 2. The first-order valence-corrected chi connectivity index (χ1v) is 24.5. The van der Waals surface area contributed by atoms with Gasteiger partial charge in [0, 0.05) is 40.9 Å². The molecule has 13 rings (SSSR count). The summed E-state index contributed by atoms with van der Waals surface area (Å²) in [5.41, 5.74) is 3.06. The lowest BCUT2D eigenvalue weighted by Crippen LogP contribution is -2.48. The van der Waals surface area contributed by atoms with Gasteiger partial charge in [-0.25, -0.2) is 16.8 Å². The normalized spacial score (nSPS) is 33.0. The summed E-state index contributed by atoms with van der Waals surface area (Å²) in [6.45, 7) is 1.57. The number of fused-ring (bicyclic) bond motifs is 2. The molecule has 16 heteroatoms. The van der Waals surface area contributed by atoms with Gasteiger partial charge in [-0.1, -0.05) is 6.42 Å². The van der Waals surface area contributed by atoms with Crippen LogP contribution in [0.1, 0.15) is 108 Å². The Kier molecular flexibility index (Phi) is 8.81. The average molecular weight is 807 g/mol. The predicted octanol–water partition coefficient (Wildman–Crippen LogP) is 6.66. The van der Waals surface area contributed by atoms with Crippen LogP contribution in [0.3, 0.4) is 0 Å². The third-order valence-electron chi connectivity index (χ3n) is 14.4. The van der Waals surface area contributed by atoms with Gasteiger partial charge in [-0.15, -0.1) is 20.4 Å². The number of sulfonamides is 2. The molecule has 56 heavy (non-hydrogen) atoms. The van der Waals surface area contributed by atoms with Gasteiger partial charge >= 0.3 is 0 Å². The summed E-state index contributed by atoms with van der Waals surface area (Å²) in [5, 5.41) is 16.2. The second-order valence-electron chi connectivity index (χ2n) is 19.2. The van der Waals surface area contributed by atoms with Crippen LogP contribution in [0.15, 0.2) is 30.6 Å². The molecule has 2 N–H and O–H groups in total. The molecule has 0 spiro atoms. The van der Waals surface area contributed by atoms with E-state index in [4.69, 9.17) is 9.47 Å². The molecule has 4 heterocycles. The maximum atomic E-state index is 11.7. The van der Waals surface area contributed by atoms with Crippen molar-refractivity contribution in [3.8, 4) is 11.5 Å². The zero-order valence-electron chi connectivity index (χ0n) is 32.4. The topological polar surface area (TPSA) is 171 Å². The first-order valence-electron chi connectivity index (χ1n) is 20.7. The second kappa shape index (κ2) is 13.5. The Bertz CT molecular complexity index is 2300. The maximum Gasteiger partial charge on any atom is 0.242 e. The van der Waals surface area contributed by atoms with E-state index in [2.05, 4.69) is 29.8 Å². The minimum Gasteiger partial charge on any atom is -0.493 e. The third kappa shape index (κ3) is 7.33. The molecule has 0 radical (unpaired) electrons. The second-order valence-corrected chi connectivity index (χ2v) is 22.7. The number of anilines is 2. The molecule has 302 valence electrons. The number of ether oxygens (including phenoxy) is 2. The van der Waals surface area contributed by atoms with Gasteiger partial charge in [0.05, 0.1) is 25.7 Å². The summed E-state index contributed by atoms with van der Waals surface area (Å²) < 4.78 is 67.1. The molecule has 4 aromatic heterocycles. The summed E-state index contributed by atoms with van der Waals surface area (Å²) in [5.74, 6) is 8.05. The van der Waals surface area contributed by atoms with Gasteiger partial charge in [-0.3, -0.25) is 18.2 Å². The van der Waals surface area contributed by atoms with Crippen LogP contribution in [0.2, 0.25) is 0 Å². The molecular weight excluding hydrogens is 753 g/mol. The number of nitrogens with zero attached hydrogens (tertiary/aromatic N) is 6. The van der Waals surface area contributed by atoms with Crippen molar-refractivity contribution in [2.24, 2.45) is 46.3 Å². The van der Waals surface area contributed by atoms with Gasteiger partial charge in [0.25, 0.3) is 0 Å². The third-order valence-corrected chi connectivity index (χ3v) is 15.5. The number of rotatable bonds is 11. The Morgan fingerprint density at radius 1 is 0.661 bits per heavy atom. The fourth-order valence-electron chi connectivity index (χ4n) is 12.9. The molecule has 8 bridgehead atoms. The molecule has 0 unspecified atom stereocenters. The van der Waals surface area contributed by atoms with E-state index >= 15 is 0 Å². The monoisotopic (exact) mass is 806 g/mol. The molecule has 0 aromatic carbocycles. The molecule has 9 aliphatic rings. The van der Waals surface area contributed by atoms with Crippen molar-refractivity contribution in [3.05, 3.63) is 36.2 Å². The molecule has 9 fully saturated rings. The maximum absolute atomic E-state index is 11.7. The van der Waals surface area contributed by atoms with Gasteiger partial charge in [0.15, 0.2) is 11.3 Å². The van der Waals surface area contributed by atoms with Crippen LogP contribution in [0, 0.1) is 46.3 Å². The summed E-state index contributed by atoms with van der Waals surface area (Å²) in [6, 6.07) is 5.62. The van der Waals surface area contributed by atoms with Crippen molar-refractivity contribution in [1.29, 1.82) is 0 Å². The fraction of sp³-hybridized carbons (Fsp3) is 0.700. The number of hydrogen-bond acceptors (Lipinski definition) is 10. The molecule has 4 aromatic rings. The lowest BCUT2D eigenvalue weighted by Gasteiger charge is -2.56. The zero-order chi connectivity index (χ0) is 38.5. The Hall–Kier alpha value is -3.66. The van der Waals surface area contributed by atoms with Crippen LogP contribution in [-0.2, 0) is 20.0 Å². The SMILES string of the molecule is CS(=O)(=O)Nc1nnc2cc(OCC34CC5CC(CC(C5)C3)C4)c(C3CCC3)cn12.CS(=O)(=O)Nc1nnc2cc(OCC34CC5CC(CC(C5)C3)C4)ccn12. The molecular formula is C40H54N8O6S2. The molecule has 0 atom stereocenters. The highest BCUT2D eigenvalue weighted by molar-refractivity contribution is 7.92. The minimum atomic E-state index is -3.41. The highest BCUT2D eigenvalue weighted by Crippen LogP contribution is 2.61. The molecule has 9 aliphatic carbocycles. The van der Waals surface area contributed by atoms with Crippen LogP contribution in [0.25, 0.3) is 11.3 Å². The van der Waals surface area contributed by atoms with E-state index in [1.807, 2.05) is 24.4 Å². The quantitative estimate of drug-likeness (QED) is 0.167. The van der Waals surface area contributed by atoms with Crippen LogP contribution in [0.4, 0.5) is 11.9 Å². The first kappa shape index (κ1) is 36.7. The van der Waals surface area contributed by atoms with Crippen molar-refractivity contribution in [2.45, 2.75) is 102 Å². The summed E-state index contributed by atoms with van der Waals surface area (Å²) in [7, 11) is -6.80. The van der Waals surface area contributed by atoms with E-state index in [1.54, 1.807) is 15.0 Å². The minimum absolute atomic E-state index is 0.190. The van der Waals surface area contributed by atoms with Crippen molar-refractivity contribution >= 4 is 43.2 Å². The van der Waals surface area contributed by atoms with E-state index in [1.165, 1.54) is 83.5 Å². The number of hydrogen-bond donors (Lipinski definition) is 2. The van der Waals surface area contributed by atoms with E-state index in [-0.39, 0.29) is 11.9 Å². The van der Waals surface area contributed by atoms with Crippen LogP contribution >= 0.6 is 0 Å². The van der Waals surface area contributed by atoms with Gasteiger partial charge < -0.3 is 9.47 Å². The largest absolute Gasteiger partial charge is 0.493 e. The highest BCUT2D eigenvalue weighted by atomic mass is 32.2. The van der Waals surface area contributed by atoms with Gasteiger partial charge in [0.2, 0.25) is 31.9 Å². The molecule has 0 amide bonds. The number of aromatic nitrogens is 6. The van der Waals surface area contributed by atoms with Crippen molar-refractivity contribution < 1.29 is 26.3 Å². The van der Waals surface area contributed by atoms with E-state index in [0.29, 0.717) is 28.0 Å². The smallest absolute Gasteiger partial charge is 0.242 e. The summed E-state index contributed by atoms with van der Waals surface area (Å²) >= 11 is 0. The molecule has 0 saturated heterocycles. The molecule has 9 saturated carbocycles. The van der Waals surface area contributed by atoms with E-state index in [0.717, 1.165) is 91.1 Å². The van der Waals surface area contributed by atoms with Crippen molar-refractivity contribution in [1.82, 2.24) is 29.2 Å². The molecule has 14 nitrogen and oxygen atoms in total.